The number of esters is 1. The van der Waals surface area contributed by atoms with Crippen molar-refractivity contribution < 1.29 is 32.6 Å². The van der Waals surface area contributed by atoms with Gasteiger partial charge in [-0.25, -0.2) is 4.79 Å². The van der Waals surface area contributed by atoms with Gasteiger partial charge in [0, 0.05) is 0 Å². The highest BCUT2D eigenvalue weighted by Crippen LogP contribution is 2.27. The van der Waals surface area contributed by atoms with E-state index in [2.05, 4.69) is 10.1 Å². The first kappa shape index (κ1) is 20.8. The Hall–Kier alpha value is -3.94. The minimum atomic E-state index is -3.04. The third-order valence-corrected chi connectivity index (χ3v) is 3.79. The molecule has 6 nitrogen and oxygen atoms in total. The maximum Gasteiger partial charge on any atom is 0.387 e. The van der Waals surface area contributed by atoms with E-state index in [1.54, 1.807) is 42.5 Å². The molecule has 0 aromatic heterocycles. The van der Waals surface area contributed by atoms with E-state index < -0.39 is 25.1 Å². The number of hydrogen-bond donors (Lipinski definition) is 1. The van der Waals surface area contributed by atoms with Crippen LogP contribution in [0, 0.1) is 0 Å². The summed E-state index contributed by atoms with van der Waals surface area (Å²) in [6.07, 6.45) is 0. The van der Waals surface area contributed by atoms with E-state index in [1.807, 2.05) is 6.07 Å². The summed E-state index contributed by atoms with van der Waals surface area (Å²) in [6, 6.07) is 21.0. The molecule has 0 aliphatic rings. The molecular formula is C22H17F2NO5. The molecule has 3 rings (SSSR count). The summed E-state index contributed by atoms with van der Waals surface area (Å²) >= 11 is 0. The number of ether oxygens (including phenoxy) is 3. The fourth-order valence-electron chi connectivity index (χ4n) is 2.50. The molecule has 3 aromatic rings. The molecule has 0 radical (unpaired) electrons. The molecule has 0 heterocycles. The Balaban J connectivity index is 1.62. The molecule has 0 fully saturated rings. The smallest absolute Gasteiger partial charge is 0.387 e. The second-order valence-electron chi connectivity index (χ2n) is 5.91. The summed E-state index contributed by atoms with van der Waals surface area (Å²) in [6.45, 7) is -3.66. The van der Waals surface area contributed by atoms with Crippen LogP contribution in [0.25, 0.3) is 0 Å². The number of halogens is 2. The van der Waals surface area contributed by atoms with E-state index in [-0.39, 0.29) is 22.7 Å². The van der Waals surface area contributed by atoms with Gasteiger partial charge in [0.2, 0.25) is 0 Å². The Morgan fingerprint density at radius 2 is 1.47 bits per heavy atom. The molecule has 0 saturated carbocycles. The van der Waals surface area contributed by atoms with Gasteiger partial charge in [-0.2, -0.15) is 8.78 Å². The lowest BCUT2D eigenvalue weighted by atomic mass is 10.2. The fraction of sp³-hybridized carbons (Fsp3) is 0.0909. The summed E-state index contributed by atoms with van der Waals surface area (Å²) in [5, 5.41) is 2.37. The zero-order valence-corrected chi connectivity index (χ0v) is 15.6. The highest BCUT2D eigenvalue weighted by Gasteiger charge is 2.17. The van der Waals surface area contributed by atoms with Crippen LogP contribution in [0.1, 0.15) is 10.4 Å². The van der Waals surface area contributed by atoms with Gasteiger partial charge < -0.3 is 19.5 Å². The lowest BCUT2D eigenvalue weighted by Gasteiger charge is -2.13. The van der Waals surface area contributed by atoms with Gasteiger partial charge in [0.25, 0.3) is 5.91 Å². The number of para-hydroxylation sites is 4. The van der Waals surface area contributed by atoms with Crippen LogP contribution >= 0.6 is 0 Å². The average Bonchev–Trinajstić information content (AvgIpc) is 2.74. The van der Waals surface area contributed by atoms with Gasteiger partial charge in [0.05, 0.1) is 5.69 Å². The molecule has 0 unspecified atom stereocenters. The molecule has 3 aromatic carbocycles. The lowest BCUT2D eigenvalue weighted by Crippen LogP contribution is -2.21. The number of carbonyl (C=O) groups is 2. The fourth-order valence-corrected chi connectivity index (χ4v) is 2.50. The van der Waals surface area contributed by atoms with Gasteiger partial charge in [-0.05, 0) is 36.4 Å². The highest BCUT2D eigenvalue weighted by atomic mass is 19.3. The van der Waals surface area contributed by atoms with Gasteiger partial charge in [-0.1, -0.05) is 42.5 Å². The van der Waals surface area contributed by atoms with Crippen LogP contribution in [0.4, 0.5) is 14.5 Å². The van der Waals surface area contributed by atoms with Crippen LogP contribution in [0.2, 0.25) is 0 Å². The summed E-state index contributed by atoms with van der Waals surface area (Å²) in [7, 11) is 0. The quantitative estimate of drug-likeness (QED) is 0.533. The first-order valence-electron chi connectivity index (χ1n) is 8.85. The van der Waals surface area contributed by atoms with E-state index >= 15 is 0 Å². The molecule has 0 spiro atoms. The first-order valence-corrected chi connectivity index (χ1v) is 8.85. The Kier molecular flexibility index (Phi) is 6.94. The molecule has 8 heteroatoms. The largest absolute Gasteiger partial charge is 0.456 e. The zero-order valence-electron chi connectivity index (χ0n) is 15.6. The average molecular weight is 413 g/mol. The predicted octanol–water partition coefficient (Wildman–Crippen LogP) is 4.88. The summed E-state index contributed by atoms with van der Waals surface area (Å²) in [5.41, 5.74) is 0.169. The van der Waals surface area contributed by atoms with Crippen LogP contribution in [0.5, 0.6) is 17.2 Å². The van der Waals surface area contributed by atoms with Crippen LogP contribution in [-0.4, -0.2) is 25.1 Å². The molecular weight excluding hydrogens is 396 g/mol. The van der Waals surface area contributed by atoms with E-state index in [0.717, 1.165) is 0 Å². The lowest BCUT2D eigenvalue weighted by molar-refractivity contribution is -0.119. The topological polar surface area (TPSA) is 73.9 Å². The minimum absolute atomic E-state index is 0.0339. The third-order valence-electron chi connectivity index (χ3n) is 3.79. The Labute approximate surface area is 171 Å². The van der Waals surface area contributed by atoms with Gasteiger partial charge in [0.15, 0.2) is 6.61 Å². The summed E-state index contributed by atoms with van der Waals surface area (Å²) < 4.78 is 40.0. The van der Waals surface area contributed by atoms with Crippen LogP contribution in [0.3, 0.4) is 0 Å². The third kappa shape index (κ3) is 5.78. The number of rotatable bonds is 8. The molecule has 0 saturated heterocycles. The van der Waals surface area contributed by atoms with Gasteiger partial charge in [-0.15, -0.1) is 0 Å². The van der Waals surface area contributed by atoms with Crippen LogP contribution in [-0.2, 0) is 9.53 Å². The Bertz CT molecular complexity index is 1010. The molecule has 154 valence electrons. The summed E-state index contributed by atoms with van der Waals surface area (Å²) in [4.78, 5) is 24.5. The normalized spacial score (nSPS) is 10.4. The summed E-state index contributed by atoms with van der Waals surface area (Å²) in [5.74, 6) is -0.881. The van der Waals surface area contributed by atoms with Crippen molar-refractivity contribution in [1.29, 1.82) is 0 Å². The van der Waals surface area contributed by atoms with E-state index in [4.69, 9.17) is 9.47 Å². The van der Waals surface area contributed by atoms with Crippen molar-refractivity contribution in [1.82, 2.24) is 0 Å². The van der Waals surface area contributed by atoms with Gasteiger partial charge in [0.1, 0.15) is 22.8 Å². The van der Waals surface area contributed by atoms with Crippen LogP contribution in [0.15, 0.2) is 78.9 Å². The number of hydrogen-bond acceptors (Lipinski definition) is 5. The number of nitrogens with one attached hydrogen (secondary N) is 1. The van der Waals surface area contributed by atoms with Crippen molar-refractivity contribution in [2.45, 2.75) is 6.61 Å². The van der Waals surface area contributed by atoms with Gasteiger partial charge >= 0.3 is 12.6 Å². The molecule has 1 N–H and O–H groups in total. The molecule has 0 aliphatic heterocycles. The number of carbonyl (C=O) groups excluding carboxylic acids is 2. The second-order valence-corrected chi connectivity index (χ2v) is 5.91. The van der Waals surface area contributed by atoms with E-state index in [0.29, 0.717) is 5.75 Å². The number of benzene rings is 3. The maximum atomic E-state index is 12.5. The SMILES string of the molecule is O=C(COC(=O)c1ccccc1Oc1ccccc1)Nc1ccccc1OC(F)F. The van der Waals surface area contributed by atoms with Crippen molar-refractivity contribution >= 4 is 17.6 Å². The molecule has 0 atom stereocenters. The molecule has 0 aliphatic carbocycles. The van der Waals surface area contributed by atoms with Crippen LogP contribution < -0.4 is 14.8 Å². The molecule has 30 heavy (non-hydrogen) atoms. The number of anilines is 1. The Morgan fingerprint density at radius 1 is 0.833 bits per heavy atom. The molecule has 1 amide bonds. The van der Waals surface area contributed by atoms with Crippen molar-refractivity contribution in [2.24, 2.45) is 0 Å². The molecule has 0 bridgehead atoms. The van der Waals surface area contributed by atoms with Crippen molar-refractivity contribution in [3.8, 4) is 17.2 Å². The van der Waals surface area contributed by atoms with Crippen molar-refractivity contribution in [3.63, 3.8) is 0 Å². The maximum absolute atomic E-state index is 12.5. The number of amides is 1. The van der Waals surface area contributed by atoms with E-state index in [9.17, 15) is 18.4 Å². The van der Waals surface area contributed by atoms with E-state index in [1.165, 1.54) is 30.3 Å². The minimum Gasteiger partial charge on any atom is -0.456 e. The second kappa shape index (κ2) is 10.0. The monoisotopic (exact) mass is 413 g/mol. The Morgan fingerprint density at radius 3 is 2.20 bits per heavy atom. The first-order chi connectivity index (χ1) is 14.5. The zero-order chi connectivity index (χ0) is 21.3. The van der Waals surface area contributed by atoms with Crippen molar-refractivity contribution in [2.75, 3.05) is 11.9 Å². The standard InChI is InChI=1S/C22H17F2NO5/c23-22(24)30-19-13-7-5-11-17(19)25-20(26)14-28-21(27)16-10-4-6-12-18(16)29-15-8-2-1-3-9-15/h1-13,22H,14H2,(H,25,26). The van der Waals surface area contributed by atoms with Gasteiger partial charge in [-0.3, -0.25) is 4.79 Å². The predicted molar refractivity (Wildman–Crippen MR) is 105 cm³/mol. The number of alkyl halides is 2. The highest BCUT2D eigenvalue weighted by molar-refractivity contribution is 5.97. The van der Waals surface area contributed by atoms with Crippen molar-refractivity contribution in [3.05, 3.63) is 84.4 Å².